The van der Waals surface area contributed by atoms with Crippen LogP contribution in [-0.4, -0.2) is 82.6 Å². The van der Waals surface area contributed by atoms with Crippen molar-refractivity contribution in [1.82, 2.24) is 20.1 Å². The Morgan fingerprint density at radius 1 is 1.24 bits per heavy atom. The normalized spacial score (nSPS) is 18.3. The van der Waals surface area contributed by atoms with E-state index < -0.39 is 12.1 Å². The van der Waals surface area contributed by atoms with Crippen LogP contribution in [0.1, 0.15) is 29.0 Å². The second kappa shape index (κ2) is 10.2. The molecule has 2 fully saturated rings. The van der Waals surface area contributed by atoms with E-state index in [-0.39, 0.29) is 11.3 Å². The zero-order chi connectivity index (χ0) is 24.1. The first-order valence-corrected chi connectivity index (χ1v) is 10.4. The van der Waals surface area contributed by atoms with Gasteiger partial charge in [0.25, 0.3) is 5.91 Å². The highest BCUT2D eigenvalue weighted by atomic mass is 19.4. The largest absolute Gasteiger partial charge is 0.490 e. The molecule has 9 nitrogen and oxygen atoms in total. The summed E-state index contributed by atoms with van der Waals surface area (Å²) < 4.78 is 37.7. The number of hydrogen-bond donors (Lipinski definition) is 2. The first-order chi connectivity index (χ1) is 15.6. The summed E-state index contributed by atoms with van der Waals surface area (Å²) in [6.07, 6.45) is 0.518. The van der Waals surface area contributed by atoms with Crippen molar-refractivity contribution in [3.8, 4) is 0 Å². The number of halogens is 3. The standard InChI is InChI=1S/C19H25N5O2.C2HF3O2/c1-15-11-17(22-21-15)18(25)23-7-4-19(5-8-23)13-24(9-10-26-14-19)16-3-2-6-20-12-16;3-2(4,5)1(6)7/h2-3,6,11-12H,4-5,7-10,13-14H2,1H3,(H,21,22);(H,6,7). The van der Waals surface area contributed by atoms with Gasteiger partial charge in [-0.25, -0.2) is 4.79 Å². The van der Waals surface area contributed by atoms with Gasteiger partial charge in [0.2, 0.25) is 0 Å². The number of amides is 1. The van der Waals surface area contributed by atoms with Crippen LogP contribution in [0.3, 0.4) is 0 Å². The molecule has 2 saturated heterocycles. The molecule has 33 heavy (non-hydrogen) atoms. The molecule has 2 aromatic rings. The zero-order valence-corrected chi connectivity index (χ0v) is 18.1. The number of ether oxygens (including phenoxy) is 1. The third kappa shape index (κ3) is 6.44. The van der Waals surface area contributed by atoms with Crippen molar-refractivity contribution in [2.45, 2.75) is 25.9 Å². The second-order valence-electron chi connectivity index (χ2n) is 8.22. The number of likely N-dealkylation sites (tertiary alicyclic amines) is 1. The van der Waals surface area contributed by atoms with Gasteiger partial charge >= 0.3 is 12.1 Å². The average Bonchev–Trinajstić information content (AvgIpc) is 3.12. The van der Waals surface area contributed by atoms with E-state index in [1.165, 1.54) is 0 Å². The van der Waals surface area contributed by atoms with Gasteiger partial charge in [0.1, 0.15) is 5.69 Å². The van der Waals surface area contributed by atoms with E-state index in [1.54, 1.807) is 6.20 Å². The molecule has 0 aliphatic carbocycles. The first kappa shape index (κ1) is 24.5. The molecule has 0 radical (unpaired) electrons. The Bertz CT molecular complexity index is 943. The van der Waals surface area contributed by atoms with Crippen molar-refractivity contribution in [3.05, 3.63) is 42.0 Å². The number of piperidine rings is 1. The molecule has 4 heterocycles. The van der Waals surface area contributed by atoms with Crippen molar-refractivity contribution < 1.29 is 32.6 Å². The van der Waals surface area contributed by atoms with E-state index in [2.05, 4.69) is 26.1 Å². The molecule has 180 valence electrons. The fourth-order valence-electron chi connectivity index (χ4n) is 3.93. The monoisotopic (exact) mass is 469 g/mol. The maximum Gasteiger partial charge on any atom is 0.490 e. The molecular weight excluding hydrogens is 443 g/mol. The Kier molecular flexibility index (Phi) is 7.57. The van der Waals surface area contributed by atoms with Crippen molar-refractivity contribution in [3.63, 3.8) is 0 Å². The van der Waals surface area contributed by atoms with Gasteiger partial charge in [0.05, 0.1) is 25.1 Å². The highest BCUT2D eigenvalue weighted by Gasteiger charge is 2.40. The number of hydrogen-bond acceptors (Lipinski definition) is 6. The summed E-state index contributed by atoms with van der Waals surface area (Å²) in [6, 6.07) is 5.89. The number of carboxylic acids is 1. The molecule has 2 N–H and O–H groups in total. The molecular formula is C21H26F3N5O4. The van der Waals surface area contributed by atoms with Gasteiger partial charge in [-0.15, -0.1) is 0 Å². The molecule has 2 aromatic heterocycles. The number of H-pyrrole nitrogens is 1. The molecule has 0 unspecified atom stereocenters. The molecule has 0 saturated carbocycles. The summed E-state index contributed by atoms with van der Waals surface area (Å²) in [5, 5.41) is 14.1. The number of anilines is 1. The Hall–Kier alpha value is -3.15. The second-order valence-corrected chi connectivity index (χ2v) is 8.22. The quantitative estimate of drug-likeness (QED) is 0.695. The van der Waals surface area contributed by atoms with Gasteiger partial charge < -0.3 is 19.6 Å². The number of carbonyl (C=O) groups excluding carboxylic acids is 1. The maximum absolute atomic E-state index is 12.6. The Balaban J connectivity index is 0.000000383. The number of aliphatic carboxylic acids is 1. The third-order valence-electron chi connectivity index (χ3n) is 5.73. The predicted molar refractivity (Wildman–Crippen MR) is 112 cm³/mol. The lowest BCUT2D eigenvalue weighted by Gasteiger charge is -2.42. The molecule has 1 spiro atoms. The minimum Gasteiger partial charge on any atom is -0.475 e. The Labute approximate surface area is 188 Å². The number of nitrogens with one attached hydrogen (secondary N) is 1. The summed E-state index contributed by atoms with van der Waals surface area (Å²) in [7, 11) is 0. The summed E-state index contributed by atoms with van der Waals surface area (Å²) in [4.78, 5) is 30.1. The van der Waals surface area contributed by atoms with E-state index in [0.29, 0.717) is 5.69 Å². The van der Waals surface area contributed by atoms with Gasteiger partial charge in [0, 0.05) is 43.5 Å². The maximum atomic E-state index is 12.6. The number of aromatic amines is 1. The summed E-state index contributed by atoms with van der Waals surface area (Å²) in [6.45, 7) is 6.71. The first-order valence-electron chi connectivity index (χ1n) is 10.4. The van der Waals surface area contributed by atoms with Gasteiger partial charge in [-0.1, -0.05) is 0 Å². The molecule has 12 heteroatoms. The van der Waals surface area contributed by atoms with Crippen molar-refractivity contribution in [2.24, 2.45) is 5.41 Å². The predicted octanol–water partition coefficient (Wildman–Crippen LogP) is 2.51. The van der Waals surface area contributed by atoms with Crippen LogP contribution < -0.4 is 4.90 Å². The minimum absolute atomic E-state index is 0.0165. The Morgan fingerprint density at radius 3 is 2.48 bits per heavy atom. The molecule has 4 rings (SSSR count). The molecule has 2 aliphatic rings. The van der Waals surface area contributed by atoms with E-state index >= 15 is 0 Å². The van der Waals surface area contributed by atoms with Crippen molar-refractivity contribution >= 4 is 17.6 Å². The van der Waals surface area contributed by atoms with Crippen LogP contribution in [0.25, 0.3) is 0 Å². The summed E-state index contributed by atoms with van der Waals surface area (Å²) in [5.41, 5.74) is 2.64. The van der Waals surface area contributed by atoms with E-state index in [1.807, 2.05) is 30.2 Å². The van der Waals surface area contributed by atoms with E-state index in [0.717, 1.165) is 63.6 Å². The highest BCUT2D eigenvalue weighted by molar-refractivity contribution is 5.92. The van der Waals surface area contributed by atoms with E-state index in [4.69, 9.17) is 14.6 Å². The average molecular weight is 469 g/mol. The number of nitrogens with zero attached hydrogens (tertiary/aromatic N) is 4. The van der Waals surface area contributed by atoms with Crippen LogP contribution >= 0.6 is 0 Å². The number of carboxylic acid groups (broad SMARTS) is 1. The van der Waals surface area contributed by atoms with Crippen LogP contribution in [0.15, 0.2) is 30.6 Å². The van der Waals surface area contributed by atoms with Crippen LogP contribution in [0.2, 0.25) is 0 Å². The van der Waals surface area contributed by atoms with E-state index in [9.17, 15) is 18.0 Å². The van der Waals surface area contributed by atoms with Crippen LogP contribution in [0.5, 0.6) is 0 Å². The lowest BCUT2D eigenvalue weighted by atomic mass is 9.78. The van der Waals surface area contributed by atoms with Gasteiger partial charge in [-0.3, -0.25) is 14.9 Å². The van der Waals surface area contributed by atoms with Gasteiger partial charge in [-0.2, -0.15) is 18.3 Å². The molecule has 1 amide bonds. The fraction of sp³-hybridized carbons (Fsp3) is 0.524. The summed E-state index contributed by atoms with van der Waals surface area (Å²) in [5.74, 6) is -2.74. The van der Waals surface area contributed by atoms with Crippen LogP contribution in [-0.2, 0) is 9.53 Å². The number of pyridine rings is 1. The van der Waals surface area contributed by atoms with Crippen molar-refractivity contribution in [2.75, 3.05) is 44.3 Å². The SMILES string of the molecule is Cc1cc(C(=O)N2CCC3(CC2)COCCN(c2cccnc2)C3)n[nH]1.O=C(O)C(F)(F)F. The van der Waals surface area contributed by atoms with Crippen LogP contribution in [0, 0.1) is 12.3 Å². The van der Waals surface area contributed by atoms with Gasteiger partial charge in [0.15, 0.2) is 0 Å². The molecule has 0 atom stereocenters. The van der Waals surface area contributed by atoms with Crippen molar-refractivity contribution in [1.29, 1.82) is 0 Å². The highest BCUT2D eigenvalue weighted by Crippen LogP contribution is 2.36. The number of aryl methyl sites for hydroxylation is 1. The minimum atomic E-state index is -5.08. The van der Waals surface area contributed by atoms with Gasteiger partial charge in [-0.05, 0) is 38.0 Å². The fourth-order valence-corrected chi connectivity index (χ4v) is 3.93. The molecule has 2 aliphatic heterocycles. The lowest BCUT2D eigenvalue weighted by molar-refractivity contribution is -0.192. The number of rotatable bonds is 2. The number of alkyl halides is 3. The number of carbonyl (C=O) groups is 2. The van der Waals surface area contributed by atoms with Crippen LogP contribution in [0.4, 0.5) is 18.9 Å². The summed E-state index contributed by atoms with van der Waals surface area (Å²) >= 11 is 0. The zero-order valence-electron chi connectivity index (χ0n) is 18.1. The lowest BCUT2D eigenvalue weighted by Crippen LogP contribution is -2.49. The smallest absolute Gasteiger partial charge is 0.475 e. The third-order valence-corrected chi connectivity index (χ3v) is 5.73. The topological polar surface area (TPSA) is 112 Å². The molecule has 0 aromatic carbocycles. The Morgan fingerprint density at radius 2 is 1.94 bits per heavy atom. The molecule has 0 bridgehead atoms. The number of aromatic nitrogens is 3.